The van der Waals surface area contributed by atoms with Crippen molar-refractivity contribution in [3.63, 3.8) is 0 Å². The van der Waals surface area contributed by atoms with Crippen LogP contribution in [-0.4, -0.2) is 37.6 Å². The summed E-state index contributed by atoms with van der Waals surface area (Å²) in [5.41, 5.74) is 1.52. The van der Waals surface area contributed by atoms with Crippen molar-refractivity contribution in [3.05, 3.63) is 68.6 Å². The van der Waals surface area contributed by atoms with Crippen LogP contribution in [0.2, 0.25) is 0 Å². The number of phenolic OH excluding ortho intramolecular Hbond substituents is 1. The number of thioether (sulfide) groups is 1. The lowest BCUT2D eigenvalue weighted by Crippen LogP contribution is -2.36. The monoisotopic (exact) mass is 429 g/mol. The van der Waals surface area contributed by atoms with E-state index in [-0.39, 0.29) is 28.0 Å². The van der Waals surface area contributed by atoms with Crippen molar-refractivity contribution in [2.45, 2.75) is 6.92 Å². The van der Waals surface area contributed by atoms with Crippen LogP contribution in [0.5, 0.6) is 5.75 Å². The lowest BCUT2D eigenvalue weighted by Gasteiger charge is -2.14. The summed E-state index contributed by atoms with van der Waals surface area (Å²) < 4.78 is 0.228. The summed E-state index contributed by atoms with van der Waals surface area (Å²) in [5.74, 6) is -1.37. The minimum absolute atomic E-state index is 0.121. The number of aromatic hydroxyl groups is 1. The summed E-state index contributed by atoms with van der Waals surface area (Å²) in [6, 6.07) is 10.9. The van der Waals surface area contributed by atoms with Crippen LogP contribution in [0.1, 0.15) is 11.1 Å². The molecule has 0 aromatic heterocycles. The number of nitro benzene ring substituents is 1. The zero-order chi connectivity index (χ0) is 21.1. The van der Waals surface area contributed by atoms with E-state index >= 15 is 0 Å². The van der Waals surface area contributed by atoms with Crippen LogP contribution in [0.4, 0.5) is 11.4 Å². The largest absolute Gasteiger partial charge is 0.506 e. The van der Waals surface area contributed by atoms with E-state index in [1.54, 1.807) is 6.08 Å². The first-order valence-electron chi connectivity index (χ1n) is 8.34. The molecule has 148 valence electrons. The Kier molecular flexibility index (Phi) is 5.95. The molecule has 1 saturated heterocycles. The molecule has 0 aliphatic carbocycles. The molecule has 2 amide bonds. The highest BCUT2D eigenvalue weighted by molar-refractivity contribution is 8.26. The molecule has 1 fully saturated rings. The smallest absolute Gasteiger partial charge is 0.271 e. The van der Waals surface area contributed by atoms with E-state index in [2.05, 4.69) is 5.32 Å². The number of thiocarbonyl (C=S) groups is 1. The summed E-state index contributed by atoms with van der Waals surface area (Å²) >= 11 is 6.29. The number of rotatable bonds is 5. The molecule has 2 aromatic rings. The number of aryl methyl sites for hydroxylation is 1. The average Bonchev–Trinajstić information content (AvgIpc) is 2.92. The van der Waals surface area contributed by atoms with Gasteiger partial charge in [0.15, 0.2) is 0 Å². The first-order chi connectivity index (χ1) is 13.7. The Labute approximate surface area is 175 Å². The Bertz CT molecular complexity index is 1050. The third-order valence-electron chi connectivity index (χ3n) is 4.02. The highest BCUT2D eigenvalue weighted by Gasteiger charge is 2.33. The van der Waals surface area contributed by atoms with Gasteiger partial charge in [0, 0.05) is 12.1 Å². The molecule has 0 bridgehead atoms. The van der Waals surface area contributed by atoms with E-state index in [1.807, 2.05) is 31.2 Å². The number of carbonyl (C=O) groups excluding carboxylic acids is 2. The highest BCUT2D eigenvalue weighted by atomic mass is 32.2. The van der Waals surface area contributed by atoms with Gasteiger partial charge in [-0.1, -0.05) is 53.8 Å². The minimum atomic E-state index is -0.646. The number of hydrogen-bond donors (Lipinski definition) is 2. The Morgan fingerprint density at radius 1 is 1.31 bits per heavy atom. The number of nitrogens with one attached hydrogen (secondary N) is 1. The summed E-state index contributed by atoms with van der Waals surface area (Å²) in [6.45, 7) is 1.58. The van der Waals surface area contributed by atoms with E-state index in [0.717, 1.165) is 46.0 Å². The van der Waals surface area contributed by atoms with Gasteiger partial charge >= 0.3 is 0 Å². The number of non-ortho nitro benzene ring substituents is 1. The Morgan fingerprint density at radius 3 is 2.66 bits per heavy atom. The molecule has 2 aromatic carbocycles. The highest BCUT2D eigenvalue weighted by Crippen LogP contribution is 2.33. The Morgan fingerprint density at radius 2 is 2.00 bits per heavy atom. The Balaban J connectivity index is 1.71. The first-order valence-corrected chi connectivity index (χ1v) is 9.56. The van der Waals surface area contributed by atoms with E-state index in [0.29, 0.717) is 4.91 Å². The molecule has 1 heterocycles. The zero-order valence-corrected chi connectivity index (χ0v) is 16.8. The maximum atomic E-state index is 12.6. The van der Waals surface area contributed by atoms with Crippen LogP contribution in [0.25, 0.3) is 6.08 Å². The lowest BCUT2D eigenvalue weighted by molar-refractivity contribution is -0.384. The predicted molar refractivity (Wildman–Crippen MR) is 114 cm³/mol. The van der Waals surface area contributed by atoms with Gasteiger partial charge in [0.2, 0.25) is 5.91 Å². The number of amides is 2. The van der Waals surface area contributed by atoms with Gasteiger partial charge in [0.25, 0.3) is 11.6 Å². The van der Waals surface area contributed by atoms with Gasteiger partial charge in [-0.15, -0.1) is 0 Å². The molecule has 1 aliphatic rings. The molecule has 10 heteroatoms. The fourth-order valence-corrected chi connectivity index (χ4v) is 3.78. The predicted octanol–water partition coefficient (Wildman–Crippen LogP) is 3.45. The molecule has 3 rings (SSSR count). The van der Waals surface area contributed by atoms with Gasteiger partial charge in [-0.05, 0) is 24.6 Å². The molecule has 2 N–H and O–H groups in total. The molecule has 0 unspecified atom stereocenters. The third kappa shape index (κ3) is 4.79. The van der Waals surface area contributed by atoms with Crippen molar-refractivity contribution >= 4 is 57.6 Å². The molecule has 8 nitrogen and oxygen atoms in total. The molecular weight excluding hydrogens is 414 g/mol. The molecule has 0 atom stereocenters. The van der Waals surface area contributed by atoms with Crippen LogP contribution in [0.15, 0.2) is 47.4 Å². The number of anilines is 1. The molecule has 0 saturated carbocycles. The number of carbonyl (C=O) groups is 2. The lowest BCUT2D eigenvalue weighted by atomic mass is 10.1. The van der Waals surface area contributed by atoms with Gasteiger partial charge in [0.1, 0.15) is 16.6 Å². The van der Waals surface area contributed by atoms with Crippen molar-refractivity contribution in [2.75, 3.05) is 11.9 Å². The van der Waals surface area contributed by atoms with E-state index in [1.165, 1.54) is 0 Å². The number of hydrogen-bond acceptors (Lipinski definition) is 7. The SMILES string of the molecule is Cc1ccc(/C=C2\SC(=S)N(CC(=O)Nc3cc([N+](=O)[O-])ccc3O)C2=O)cc1. The quantitative estimate of drug-likeness (QED) is 0.246. The number of nitro groups is 1. The summed E-state index contributed by atoms with van der Waals surface area (Å²) in [4.78, 5) is 36.7. The van der Waals surface area contributed by atoms with Crippen molar-refractivity contribution < 1.29 is 19.6 Å². The molecule has 29 heavy (non-hydrogen) atoms. The van der Waals surface area contributed by atoms with E-state index in [4.69, 9.17) is 12.2 Å². The maximum Gasteiger partial charge on any atom is 0.271 e. The second-order valence-electron chi connectivity index (χ2n) is 6.19. The van der Waals surface area contributed by atoms with Crippen molar-refractivity contribution in [3.8, 4) is 5.75 Å². The van der Waals surface area contributed by atoms with Gasteiger partial charge in [-0.3, -0.25) is 24.6 Å². The maximum absolute atomic E-state index is 12.6. The number of nitrogens with zero attached hydrogens (tertiary/aromatic N) is 2. The average molecular weight is 429 g/mol. The van der Waals surface area contributed by atoms with Crippen LogP contribution in [0, 0.1) is 17.0 Å². The van der Waals surface area contributed by atoms with Gasteiger partial charge in [0.05, 0.1) is 15.5 Å². The Hall–Kier alpha value is -3.24. The zero-order valence-electron chi connectivity index (χ0n) is 15.1. The van der Waals surface area contributed by atoms with Gasteiger partial charge < -0.3 is 10.4 Å². The second-order valence-corrected chi connectivity index (χ2v) is 7.86. The second kappa shape index (κ2) is 8.41. The summed E-state index contributed by atoms with van der Waals surface area (Å²) in [6.07, 6.45) is 1.70. The first kappa shape index (κ1) is 20.5. The molecule has 0 spiro atoms. The molecule has 1 aliphatic heterocycles. The standard InChI is InChI=1S/C19H15N3O5S2/c1-11-2-4-12(5-3-11)8-16-18(25)21(19(28)29-16)10-17(24)20-14-9-13(22(26)27)6-7-15(14)23/h2-9,23H,10H2,1H3,(H,20,24)/b16-8-. The summed E-state index contributed by atoms with van der Waals surface area (Å²) in [7, 11) is 0. The third-order valence-corrected chi connectivity index (χ3v) is 5.39. The number of benzene rings is 2. The van der Waals surface area contributed by atoms with E-state index in [9.17, 15) is 24.8 Å². The summed E-state index contributed by atoms with van der Waals surface area (Å²) in [5, 5.41) is 23.0. The van der Waals surface area contributed by atoms with Crippen molar-refractivity contribution in [1.29, 1.82) is 0 Å². The topological polar surface area (TPSA) is 113 Å². The minimum Gasteiger partial charge on any atom is -0.506 e. The normalized spacial score (nSPS) is 15.1. The van der Waals surface area contributed by atoms with Gasteiger partial charge in [-0.25, -0.2) is 0 Å². The van der Waals surface area contributed by atoms with Crippen molar-refractivity contribution in [1.82, 2.24) is 4.90 Å². The van der Waals surface area contributed by atoms with Gasteiger partial charge in [-0.2, -0.15) is 0 Å². The fourth-order valence-electron chi connectivity index (χ4n) is 2.52. The fraction of sp³-hybridized carbons (Fsp3) is 0.105. The van der Waals surface area contributed by atoms with Crippen LogP contribution in [-0.2, 0) is 9.59 Å². The van der Waals surface area contributed by atoms with Crippen LogP contribution in [0.3, 0.4) is 0 Å². The van der Waals surface area contributed by atoms with Crippen LogP contribution < -0.4 is 5.32 Å². The number of phenols is 1. The molecular formula is C19H15N3O5S2. The van der Waals surface area contributed by atoms with Crippen molar-refractivity contribution in [2.24, 2.45) is 0 Å². The van der Waals surface area contributed by atoms with E-state index < -0.39 is 16.7 Å². The van der Waals surface area contributed by atoms with Crippen LogP contribution >= 0.6 is 24.0 Å². The molecule has 0 radical (unpaired) electrons.